The Morgan fingerprint density at radius 3 is 2.53 bits per heavy atom. The Balaban J connectivity index is 0.999. The Morgan fingerprint density at radius 1 is 1.04 bits per heavy atom. The molecule has 3 aliphatic carbocycles. The molecule has 296 valence electrons. The Morgan fingerprint density at radius 2 is 1.83 bits per heavy atom. The fraction of sp³-hybridized carbons (Fsp3) is 0.737. The third kappa shape index (κ3) is 8.67. The van der Waals surface area contributed by atoms with Gasteiger partial charge in [-0.2, -0.15) is 26.3 Å². The van der Waals surface area contributed by atoms with Crippen LogP contribution in [0.15, 0.2) is 24.4 Å². The average Bonchev–Trinajstić information content (AvgIpc) is 3.73. The summed E-state index contributed by atoms with van der Waals surface area (Å²) in [7, 11) is 3.67. The molecule has 1 aromatic carbocycles. The number of aromatic nitrogens is 2. The molecule has 6 atom stereocenters. The molecule has 2 saturated carbocycles. The van der Waals surface area contributed by atoms with E-state index in [0.717, 1.165) is 80.1 Å². The molecular formula is C38H51F6N3O4S2. The third-order valence-electron chi connectivity index (χ3n) is 12.3. The molecule has 2 aromatic rings. The van der Waals surface area contributed by atoms with E-state index < -0.39 is 24.6 Å². The number of nitrogens with zero attached hydrogens (tertiary/aromatic N) is 2. The Bertz CT molecular complexity index is 1540. The van der Waals surface area contributed by atoms with Gasteiger partial charge in [0.15, 0.2) is 0 Å². The minimum absolute atomic E-state index is 0.0325. The fourth-order valence-corrected chi connectivity index (χ4v) is 11.6. The van der Waals surface area contributed by atoms with Crippen LogP contribution in [0.2, 0.25) is 0 Å². The van der Waals surface area contributed by atoms with Gasteiger partial charge in [-0.05, 0) is 111 Å². The second-order valence-corrected chi connectivity index (χ2v) is 18.0. The van der Waals surface area contributed by atoms with Crippen LogP contribution in [0.3, 0.4) is 0 Å². The van der Waals surface area contributed by atoms with Crippen LogP contribution in [-0.4, -0.2) is 82.2 Å². The molecule has 53 heavy (non-hydrogen) atoms. The molecule has 7 nitrogen and oxygen atoms in total. The van der Waals surface area contributed by atoms with Crippen molar-refractivity contribution in [2.24, 2.45) is 17.3 Å². The highest BCUT2D eigenvalue weighted by Gasteiger charge is 2.69. The van der Waals surface area contributed by atoms with E-state index in [9.17, 15) is 31.1 Å². The number of carbonyl (C=O) groups excluding carboxylic acids is 1. The SMILES string of the molecule is CCc1cnc(CN(C(=O)CCOc2ccc3c(c2)CCC2C3CCC3(C)C(OCCCOC(C)(C(F)(F)F)C(F)(F)F)CCC23)C2CCSSC2)[nH]1. The van der Waals surface area contributed by atoms with Crippen molar-refractivity contribution in [1.82, 2.24) is 14.9 Å². The van der Waals surface area contributed by atoms with Gasteiger partial charge in [0.1, 0.15) is 11.6 Å². The van der Waals surface area contributed by atoms with Crippen molar-refractivity contribution >= 4 is 27.5 Å². The van der Waals surface area contributed by atoms with Gasteiger partial charge in [-0.3, -0.25) is 4.79 Å². The van der Waals surface area contributed by atoms with E-state index in [-0.39, 0.29) is 49.8 Å². The highest BCUT2D eigenvalue weighted by Crippen LogP contribution is 2.61. The number of nitrogens with one attached hydrogen (secondary N) is 1. The first-order valence-electron chi connectivity index (χ1n) is 18.9. The maximum Gasteiger partial charge on any atom is 0.426 e. The first kappa shape index (κ1) is 40.6. The number of rotatable bonds is 14. The molecule has 15 heteroatoms. The van der Waals surface area contributed by atoms with Crippen molar-refractivity contribution < 1.29 is 45.3 Å². The van der Waals surface area contributed by atoms with E-state index in [1.165, 1.54) is 11.1 Å². The normalized spacial score (nSPS) is 27.5. The number of amides is 1. The lowest BCUT2D eigenvalue weighted by atomic mass is 9.55. The second-order valence-electron chi connectivity index (χ2n) is 15.4. The van der Waals surface area contributed by atoms with Crippen molar-refractivity contribution in [2.75, 3.05) is 31.3 Å². The number of fused-ring (bicyclic) bond motifs is 5. The van der Waals surface area contributed by atoms with Crippen molar-refractivity contribution in [1.29, 1.82) is 0 Å². The number of ether oxygens (including phenoxy) is 3. The van der Waals surface area contributed by atoms with Gasteiger partial charge in [-0.15, -0.1) is 0 Å². The van der Waals surface area contributed by atoms with Crippen LogP contribution in [0.4, 0.5) is 26.3 Å². The Hall–Kier alpha value is -2.10. The van der Waals surface area contributed by atoms with Crippen LogP contribution in [0.1, 0.15) is 101 Å². The predicted octanol–water partition coefficient (Wildman–Crippen LogP) is 9.45. The molecule has 1 amide bonds. The van der Waals surface area contributed by atoms with Gasteiger partial charge < -0.3 is 24.1 Å². The Labute approximate surface area is 315 Å². The molecule has 0 radical (unpaired) electrons. The highest BCUT2D eigenvalue weighted by atomic mass is 33.1. The van der Waals surface area contributed by atoms with Gasteiger partial charge in [0.05, 0.1) is 32.3 Å². The van der Waals surface area contributed by atoms with Gasteiger partial charge in [0, 0.05) is 36.0 Å². The minimum atomic E-state index is -5.57. The summed E-state index contributed by atoms with van der Waals surface area (Å²) >= 11 is 0. The molecule has 1 aromatic heterocycles. The molecule has 2 heterocycles. The first-order valence-corrected chi connectivity index (χ1v) is 21.3. The number of hydrogen-bond acceptors (Lipinski definition) is 7. The van der Waals surface area contributed by atoms with Crippen molar-refractivity contribution in [3.05, 3.63) is 47.0 Å². The molecule has 1 saturated heterocycles. The van der Waals surface area contributed by atoms with E-state index in [1.807, 2.05) is 38.8 Å². The summed E-state index contributed by atoms with van der Waals surface area (Å²) in [5.74, 6) is 4.89. The predicted molar refractivity (Wildman–Crippen MR) is 194 cm³/mol. The van der Waals surface area contributed by atoms with E-state index in [0.29, 0.717) is 30.9 Å². The fourth-order valence-electron chi connectivity index (χ4n) is 9.11. The summed E-state index contributed by atoms with van der Waals surface area (Å²) in [5, 5.41) is 0. The van der Waals surface area contributed by atoms with Crippen molar-refractivity contribution in [2.45, 2.75) is 128 Å². The van der Waals surface area contributed by atoms with Crippen LogP contribution < -0.4 is 4.74 Å². The summed E-state index contributed by atoms with van der Waals surface area (Å²) in [6.07, 6.45) is -1.65. The van der Waals surface area contributed by atoms with Crippen LogP contribution >= 0.6 is 21.6 Å². The molecule has 0 spiro atoms. The van der Waals surface area contributed by atoms with E-state index in [1.54, 1.807) is 0 Å². The Kier molecular flexibility index (Phi) is 12.7. The number of imidazole rings is 1. The van der Waals surface area contributed by atoms with Crippen LogP contribution in [0, 0.1) is 17.3 Å². The quantitative estimate of drug-likeness (QED) is 0.116. The molecule has 6 unspecified atom stereocenters. The lowest BCUT2D eigenvalue weighted by Crippen LogP contribution is -2.56. The lowest BCUT2D eigenvalue weighted by molar-refractivity contribution is -0.374. The first-order chi connectivity index (χ1) is 25.1. The number of benzene rings is 1. The van der Waals surface area contributed by atoms with Crippen molar-refractivity contribution in [3.63, 3.8) is 0 Å². The standard InChI is InChI=1S/C38H51F6N3O4S2/c1-4-25-21-45-33(46-25)22-47(26-14-19-52-53-23-26)34(48)13-18-49-27-7-9-28-24(20-27)6-8-30-29(28)12-15-35(2)31(30)10-11-32(35)50-16-5-17-51-36(3,37(39,40)41)38(42,43)44/h7,9,20-21,26,29-32H,4-6,8,10-19,22-23H2,1-3H3,(H,45,46). The monoisotopic (exact) mass is 791 g/mol. The molecule has 6 rings (SSSR count). The maximum absolute atomic E-state index is 13.5. The number of carbonyl (C=O) groups is 1. The van der Waals surface area contributed by atoms with Crippen LogP contribution in [0.5, 0.6) is 5.75 Å². The van der Waals surface area contributed by atoms with E-state index in [4.69, 9.17) is 9.47 Å². The molecule has 3 fully saturated rings. The topological polar surface area (TPSA) is 76.7 Å². The van der Waals surface area contributed by atoms with E-state index >= 15 is 0 Å². The summed E-state index contributed by atoms with van der Waals surface area (Å²) < 4.78 is 95.7. The molecule has 1 aliphatic heterocycles. The van der Waals surface area contributed by atoms with Crippen molar-refractivity contribution in [3.8, 4) is 5.75 Å². The van der Waals surface area contributed by atoms with Gasteiger partial charge >= 0.3 is 12.4 Å². The highest BCUT2D eigenvalue weighted by molar-refractivity contribution is 8.76. The zero-order valence-corrected chi connectivity index (χ0v) is 32.3. The molecule has 4 aliphatic rings. The number of aryl methyl sites for hydroxylation is 2. The summed E-state index contributed by atoms with van der Waals surface area (Å²) in [4.78, 5) is 23.3. The largest absolute Gasteiger partial charge is 0.493 e. The number of hydrogen-bond donors (Lipinski definition) is 1. The number of alkyl halides is 6. The summed E-state index contributed by atoms with van der Waals surface area (Å²) in [6, 6.07) is 6.52. The zero-order valence-electron chi connectivity index (χ0n) is 30.6. The molecule has 1 N–H and O–H groups in total. The third-order valence-corrected chi connectivity index (χ3v) is 14.8. The van der Waals surface area contributed by atoms with Gasteiger partial charge in [-0.1, -0.05) is 41.5 Å². The molecular weight excluding hydrogens is 741 g/mol. The second kappa shape index (κ2) is 16.6. The zero-order chi connectivity index (χ0) is 38.0. The number of halogens is 6. The molecule has 0 bridgehead atoms. The number of H-pyrrole nitrogens is 1. The summed E-state index contributed by atoms with van der Waals surface area (Å²) in [6.45, 7) is 4.45. The summed E-state index contributed by atoms with van der Waals surface area (Å²) in [5.41, 5.74) is -0.602. The van der Waals surface area contributed by atoms with Gasteiger partial charge in [0.25, 0.3) is 5.60 Å². The van der Waals surface area contributed by atoms with Crippen LogP contribution in [-0.2, 0) is 33.7 Å². The van der Waals surface area contributed by atoms with Gasteiger partial charge in [0.2, 0.25) is 5.91 Å². The lowest BCUT2D eigenvalue weighted by Gasteiger charge is -2.50. The number of aromatic amines is 1. The van der Waals surface area contributed by atoms with E-state index in [2.05, 4.69) is 40.7 Å². The maximum atomic E-state index is 13.5. The smallest absolute Gasteiger partial charge is 0.426 e. The van der Waals surface area contributed by atoms with Gasteiger partial charge in [-0.25, -0.2) is 4.98 Å². The average molecular weight is 792 g/mol. The minimum Gasteiger partial charge on any atom is -0.493 e. The van der Waals surface area contributed by atoms with Crippen LogP contribution in [0.25, 0.3) is 0 Å².